The molecule has 0 radical (unpaired) electrons. The number of aliphatic hydroxyl groups excluding tert-OH is 2. The van der Waals surface area contributed by atoms with Crippen molar-refractivity contribution in [2.24, 2.45) is 5.73 Å². The van der Waals surface area contributed by atoms with Gasteiger partial charge in [-0.3, -0.25) is 43.2 Å². The van der Waals surface area contributed by atoms with Crippen molar-refractivity contribution in [1.29, 1.82) is 0 Å². The Hall–Kier alpha value is -7.98. The highest BCUT2D eigenvalue weighted by molar-refractivity contribution is 7.80. The molecule has 0 bridgehead atoms. The van der Waals surface area contributed by atoms with E-state index in [4.69, 9.17) is 5.73 Å². The normalized spacial score (nSPS) is 16.5. The Morgan fingerprint density at radius 3 is 1.64 bits per heavy atom. The number of carboxylic acids is 2. The minimum absolute atomic E-state index is 0.0119. The van der Waals surface area contributed by atoms with Crippen LogP contribution in [-0.2, 0) is 67.2 Å². The van der Waals surface area contributed by atoms with Gasteiger partial charge in [-0.25, -0.2) is 4.79 Å². The van der Waals surface area contributed by atoms with Crippen molar-refractivity contribution < 1.29 is 68.4 Å². The summed E-state index contributed by atoms with van der Waals surface area (Å²) in [5.41, 5.74) is 8.94. The monoisotopic (exact) mass is 1160 g/mol. The molecule has 0 saturated carbocycles. The Balaban J connectivity index is 1.23. The van der Waals surface area contributed by atoms with Crippen molar-refractivity contribution in [2.45, 2.75) is 112 Å². The van der Waals surface area contributed by atoms with Gasteiger partial charge in [-0.05, 0) is 55.0 Å². The number of benzene rings is 3. The number of rotatable bonds is 29. The van der Waals surface area contributed by atoms with Crippen LogP contribution in [0.1, 0.15) is 49.3 Å². The number of nitrogens with two attached hydrogens (primary N) is 1. The molecule has 5 aromatic rings. The van der Waals surface area contributed by atoms with Crippen molar-refractivity contribution in [3.8, 4) is 0 Å². The van der Waals surface area contributed by atoms with Gasteiger partial charge in [0.05, 0.1) is 18.8 Å². The molecular formula is C54H67N11O14S2. The summed E-state index contributed by atoms with van der Waals surface area (Å²) >= 11 is 8.12. The zero-order chi connectivity index (χ0) is 58.9. The highest BCUT2D eigenvalue weighted by atomic mass is 32.1. The molecule has 0 spiro atoms. The van der Waals surface area contributed by atoms with E-state index >= 15 is 0 Å². The van der Waals surface area contributed by atoms with E-state index in [1.165, 1.54) is 11.8 Å². The summed E-state index contributed by atoms with van der Waals surface area (Å²) in [6.45, 7) is 0.287. The summed E-state index contributed by atoms with van der Waals surface area (Å²) in [5.74, 6) is -10.6. The first-order chi connectivity index (χ1) is 38.7. The molecule has 27 heteroatoms. The number of hydrogen-bond donors (Lipinski definition) is 16. The number of para-hydroxylation sites is 2. The predicted octanol–water partition coefficient (Wildman–Crippen LogP) is -1.43. The van der Waals surface area contributed by atoms with E-state index in [1.54, 1.807) is 91.3 Å². The van der Waals surface area contributed by atoms with Gasteiger partial charge in [0, 0.05) is 77.9 Å². The second kappa shape index (κ2) is 29.5. The van der Waals surface area contributed by atoms with E-state index < -0.39 is 139 Å². The number of likely N-dealkylation sites (tertiary alicyclic amines) is 1. The SMILES string of the molecule is C[C@@H](O)[C@H](NC(=O)[C@H](Cc1c[nH]c2ccccc12)NC(=O)[C@H](CO)NC(=O)[C@H](CCC(=O)O)NC(=O)[C@H](Cc1c[nH]c2ccccc12)NC(=O)[C@@H]1CCCN1C(=O)[C@@H](N)CS)C(=O)N[C@@H](Cc1ccccc1)C(=O)N[C@@H](CS)C(=O)O. The van der Waals surface area contributed by atoms with Crippen LogP contribution in [0.5, 0.6) is 0 Å². The average molecular weight is 1160 g/mol. The molecule has 6 rings (SSSR count). The molecule has 0 unspecified atom stereocenters. The number of amides is 8. The molecule has 15 N–H and O–H groups in total. The van der Waals surface area contributed by atoms with E-state index in [0.29, 0.717) is 44.9 Å². The van der Waals surface area contributed by atoms with E-state index in [0.717, 1.165) is 0 Å². The number of aliphatic hydroxyl groups is 2. The van der Waals surface area contributed by atoms with Crippen molar-refractivity contribution in [2.75, 3.05) is 24.7 Å². The van der Waals surface area contributed by atoms with Crippen LogP contribution in [0.2, 0.25) is 0 Å². The fourth-order valence-corrected chi connectivity index (χ4v) is 9.71. The van der Waals surface area contributed by atoms with E-state index in [9.17, 15) is 68.4 Å². The molecule has 1 saturated heterocycles. The number of carboxylic acid groups (broad SMARTS) is 2. The van der Waals surface area contributed by atoms with Crippen LogP contribution in [0.25, 0.3) is 21.8 Å². The minimum Gasteiger partial charge on any atom is -0.481 e. The van der Waals surface area contributed by atoms with Gasteiger partial charge in [0.25, 0.3) is 0 Å². The van der Waals surface area contributed by atoms with Gasteiger partial charge in [-0.2, -0.15) is 25.3 Å². The Kier molecular flexibility index (Phi) is 22.6. The molecule has 8 amide bonds. The summed E-state index contributed by atoms with van der Waals surface area (Å²) in [4.78, 5) is 143. The Morgan fingerprint density at radius 2 is 1.10 bits per heavy atom. The average Bonchev–Trinajstić information content (AvgIpc) is 4.22. The molecule has 25 nitrogen and oxygen atoms in total. The number of aliphatic carboxylic acids is 2. The summed E-state index contributed by atoms with van der Waals surface area (Å²) in [5, 5.41) is 59.5. The number of H-pyrrole nitrogens is 2. The number of aromatic nitrogens is 2. The Bertz CT molecular complexity index is 3070. The first kappa shape index (κ1) is 62.2. The lowest BCUT2D eigenvalue weighted by molar-refractivity contribution is -0.142. The van der Waals surface area contributed by atoms with Crippen molar-refractivity contribution >= 4 is 106 Å². The quantitative estimate of drug-likeness (QED) is 0.0244. The third kappa shape index (κ3) is 16.8. The fraction of sp³-hybridized carbons (Fsp3) is 0.407. The maximum atomic E-state index is 14.5. The lowest BCUT2D eigenvalue weighted by Gasteiger charge is -2.29. The molecule has 0 aliphatic carbocycles. The van der Waals surface area contributed by atoms with Crippen LogP contribution in [0.3, 0.4) is 0 Å². The first-order valence-corrected chi connectivity index (χ1v) is 27.3. The number of carbonyl (C=O) groups is 10. The second-order valence-corrected chi connectivity index (χ2v) is 20.3. The van der Waals surface area contributed by atoms with Gasteiger partial charge in [-0.1, -0.05) is 66.7 Å². The lowest BCUT2D eigenvalue weighted by Crippen LogP contribution is -2.62. The number of aromatic amines is 2. The van der Waals surface area contributed by atoms with Gasteiger partial charge in [0.1, 0.15) is 48.3 Å². The second-order valence-electron chi connectivity index (χ2n) is 19.5. The highest BCUT2D eigenvalue weighted by Gasteiger charge is 2.39. The highest BCUT2D eigenvalue weighted by Crippen LogP contribution is 2.23. The van der Waals surface area contributed by atoms with Crippen LogP contribution in [-0.4, -0.2) is 180 Å². The summed E-state index contributed by atoms with van der Waals surface area (Å²) < 4.78 is 0. The van der Waals surface area contributed by atoms with E-state index in [2.05, 4.69) is 72.4 Å². The van der Waals surface area contributed by atoms with Crippen LogP contribution in [0.15, 0.2) is 91.3 Å². The molecule has 3 heterocycles. The summed E-state index contributed by atoms with van der Waals surface area (Å²) in [6, 6.07) is 9.11. The number of carbonyl (C=O) groups excluding carboxylic acids is 8. The zero-order valence-corrected chi connectivity index (χ0v) is 45.8. The van der Waals surface area contributed by atoms with Gasteiger partial charge in [-0.15, -0.1) is 0 Å². The number of nitrogens with one attached hydrogen (secondary N) is 9. The Morgan fingerprint density at radius 1 is 0.617 bits per heavy atom. The zero-order valence-electron chi connectivity index (χ0n) is 44.0. The maximum absolute atomic E-state index is 14.5. The van der Waals surface area contributed by atoms with Crippen molar-refractivity contribution in [3.63, 3.8) is 0 Å². The van der Waals surface area contributed by atoms with Gasteiger partial charge >= 0.3 is 11.9 Å². The number of thiol groups is 2. The molecule has 81 heavy (non-hydrogen) atoms. The maximum Gasteiger partial charge on any atom is 0.327 e. The van der Waals surface area contributed by atoms with Crippen LogP contribution in [0.4, 0.5) is 0 Å². The lowest BCUT2D eigenvalue weighted by atomic mass is 10.0. The molecule has 434 valence electrons. The molecule has 1 fully saturated rings. The van der Waals surface area contributed by atoms with Crippen molar-refractivity contribution in [1.82, 2.24) is 52.1 Å². The van der Waals surface area contributed by atoms with Crippen LogP contribution in [0, 0.1) is 0 Å². The minimum atomic E-state index is -1.88. The van der Waals surface area contributed by atoms with Crippen LogP contribution >= 0.6 is 25.3 Å². The van der Waals surface area contributed by atoms with Gasteiger partial charge in [0.15, 0.2) is 0 Å². The van der Waals surface area contributed by atoms with E-state index in [-0.39, 0.29) is 43.7 Å². The third-order valence-electron chi connectivity index (χ3n) is 13.7. The molecule has 2 aromatic heterocycles. The predicted molar refractivity (Wildman–Crippen MR) is 301 cm³/mol. The van der Waals surface area contributed by atoms with Crippen LogP contribution < -0.4 is 43.0 Å². The summed E-state index contributed by atoms with van der Waals surface area (Å²) in [6.07, 6.45) is 0.426. The van der Waals surface area contributed by atoms with Gasteiger partial charge in [0.2, 0.25) is 47.3 Å². The fourth-order valence-electron chi connectivity index (χ4n) is 9.31. The number of fused-ring (bicyclic) bond motifs is 2. The van der Waals surface area contributed by atoms with Gasteiger partial charge < -0.3 is 78.2 Å². The Labute approximate surface area is 475 Å². The number of hydrogen-bond acceptors (Lipinski definition) is 15. The molecule has 1 aliphatic heterocycles. The molecular weight excluding hydrogens is 1090 g/mol. The molecule has 10 atom stereocenters. The number of nitrogens with zero attached hydrogens (tertiary/aromatic N) is 1. The van der Waals surface area contributed by atoms with Crippen molar-refractivity contribution in [3.05, 3.63) is 108 Å². The topological polar surface area (TPSA) is 397 Å². The standard InChI is InChI=1S/C54H67N11O14S2/c1-28(67)45(52(76)61-38(20-29-10-3-2-4-11-29)47(71)63-42(27-81)54(78)79)64-49(73)40(22-31-24-57-36-15-8-6-13-33(31)36)59-50(74)41(25-66)62-46(70)37(17-18-44(68)69)58-48(72)39(21-30-23-56-35-14-7-5-12-32(30)35)60-51(75)43-16-9-19-65(43)53(77)34(55)26-80/h2-8,10-15,23-24,28,34,37-43,45,56-57,66-67,80-81H,9,16-22,25-27,55H2,1H3,(H,58,72)(H,59,74)(H,60,75)(H,61,76)(H,62,70)(H,63,71)(H,64,73)(H,68,69)(H,78,79)/t28-,34+,37+,38+,39+,40+,41+,42+,43+,45+/m1/s1. The smallest absolute Gasteiger partial charge is 0.327 e. The third-order valence-corrected chi connectivity index (χ3v) is 14.4. The first-order valence-electron chi connectivity index (χ1n) is 26.0. The largest absolute Gasteiger partial charge is 0.481 e. The van der Waals surface area contributed by atoms with E-state index in [1.807, 2.05) is 0 Å². The molecule has 1 aliphatic rings. The summed E-state index contributed by atoms with van der Waals surface area (Å²) in [7, 11) is 0. The molecule has 3 aromatic carbocycles.